The van der Waals surface area contributed by atoms with Crippen LogP contribution < -0.4 is 11.1 Å². The fourth-order valence-corrected chi connectivity index (χ4v) is 4.29. The number of rotatable bonds is 2. The molecular formula is C16H19FN2O. The topological polar surface area (TPSA) is 55.1 Å². The lowest BCUT2D eigenvalue weighted by atomic mass is 9.93. The number of nitrogens with two attached hydrogens (primary N) is 1. The molecule has 1 aromatic rings. The lowest BCUT2D eigenvalue weighted by Crippen LogP contribution is -2.22. The molecule has 20 heavy (non-hydrogen) atoms. The monoisotopic (exact) mass is 274 g/mol. The van der Waals surface area contributed by atoms with Crippen molar-refractivity contribution in [2.75, 3.05) is 5.32 Å². The van der Waals surface area contributed by atoms with Gasteiger partial charge in [0.15, 0.2) is 0 Å². The molecule has 2 fully saturated rings. The zero-order valence-corrected chi connectivity index (χ0v) is 11.4. The number of carbonyl (C=O) groups excluding carboxylic acids is 1. The molecule has 0 spiro atoms. The number of halogens is 1. The fourth-order valence-electron chi connectivity index (χ4n) is 4.29. The van der Waals surface area contributed by atoms with Gasteiger partial charge in [0.25, 0.3) is 0 Å². The second kappa shape index (κ2) is 4.29. The van der Waals surface area contributed by atoms with E-state index in [1.165, 1.54) is 25.3 Å². The molecule has 0 aromatic heterocycles. The zero-order chi connectivity index (χ0) is 13.9. The smallest absolute Gasteiger partial charge is 0.224 e. The first-order valence-corrected chi connectivity index (χ1v) is 7.53. The third-order valence-corrected chi connectivity index (χ3v) is 5.36. The summed E-state index contributed by atoms with van der Waals surface area (Å²) in [6.45, 7) is 0. The number of amides is 1. The molecule has 4 rings (SSSR count). The van der Waals surface area contributed by atoms with E-state index in [1.807, 2.05) is 6.07 Å². The molecule has 2 aliphatic carbocycles. The number of fused-ring (bicyclic) bond motifs is 2. The average Bonchev–Trinajstić information content (AvgIpc) is 2.90. The summed E-state index contributed by atoms with van der Waals surface area (Å²) in [6.07, 6.45) is 4.97. The van der Waals surface area contributed by atoms with Crippen molar-refractivity contribution in [1.29, 1.82) is 0 Å². The minimum atomic E-state index is -0.275. The van der Waals surface area contributed by atoms with Crippen LogP contribution in [0.15, 0.2) is 12.1 Å². The molecule has 4 heteroatoms. The van der Waals surface area contributed by atoms with Crippen LogP contribution in [0.25, 0.3) is 0 Å². The van der Waals surface area contributed by atoms with Crippen LogP contribution in [0.5, 0.6) is 0 Å². The summed E-state index contributed by atoms with van der Waals surface area (Å²) in [7, 11) is 0. The minimum absolute atomic E-state index is 0.0364. The Morgan fingerprint density at radius 3 is 2.75 bits per heavy atom. The second-order valence-electron chi connectivity index (χ2n) is 6.44. The van der Waals surface area contributed by atoms with E-state index in [1.54, 1.807) is 0 Å². The van der Waals surface area contributed by atoms with Crippen LogP contribution in [0.3, 0.4) is 0 Å². The first kappa shape index (κ1) is 12.3. The number of hydrogen-bond acceptors (Lipinski definition) is 2. The highest BCUT2D eigenvalue weighted by Crippen LogP contribution is 2.61. The predicted octanol–water partition coefficient (Wildman–Crippen LogP) is 2.76. The Kier molecular flexibility index (Phi) is 2.64. The Labute approximate surface area is 117 Å². The van der Waals surface area contributed by atoms with Crippen molar-refractivity contribution in [3.63, 3.8) is 0 Å². The van der Waals surface area contributed by atoms with Gasteiger partial charge < -0.3 is 11.1 Å². The highest BCUT2D eigenvalue weighted by molar-refractivity contribution is 5.93. The van der Waals surface area contributed by atoms with Crippen molar-refractivity contribution in [2.24, 2.45) is 23.5 Å². The molecule has 0 saturated heterocycles. The Morgan fingerprint density at radius 1 is 1.25 bits per heavy atom. The summed E-state index contributed by atoms with van der Waals surface area (Å²) in [5.74, 6) is 1.60. The average molecular weight is 274 g/mol. The molecule has 2 saturated carbocycles. The SMILES string of the molecule is NC(c1cc2c(cc1F)NC(=O)CC2)C1C2CCCC21. The molecule has 3 N–H and O–H groups in total. The Hall–Kier alpha value is -1.42. The van der Waals surface area contributed by atoms with Crippen LogP contribution >= 0.6 is 0 Å². The number of hydrogen-bond donors (Lipinski definition) is 2. The molecule has 3 aliphatic rings. The van der Waals surface area contributed by atoms with E-state index in [2.05, 4.69) is 5.32 Å². The van der Waals surface area contributed by atoms with Gasteiger partial charge in [-0.05, 0) is 54.7 Å². The Morgan fingerprint density at radius 2 is 2.00 bits per heavy atom. The zero-order valence-electron chi connectivity index (χ0n) is 11.4. The predicted molar refractivity (Wildman–Crippen MR) is 74.6 cm³/mol. The fraction of sp³-hybridized carbons (Fsp3) is 0.562. The van der Waals surface area contributed by atoms with Gasteiger partial charge >= 0.3 is 0 Å². The molecule has 0 radical (unpaired) electrons. The van der Waals surface area contributed by atoms with Crippen molar-refractivity contribution >= 4 is 11.6 Å². The summed E-state index contributed by atoms with van der Waals surface area (Å²) >= 11 is 0. The van der Waals surface area contributed by atoms with Crippen LogP contribution in [-0.4, -0.2) is 5.91 Å². The van der Waals surface area contributed by atoms with E-state index in [0.29, 0.717) is 30.0 Å². The van der Waals surface area contributed by atoms with E-state index in [0.717, 1.165) is 17.4 Å². The van der Waals surface area contributed by atoms with E-state index >= 15 is 0 Å². The Balaban J connectivity index is 1.63. The lowest BCUT2D eigenvalue weighted by Gasteiger charge is -2.21. The van der Waals surface area contributed by atoms with Crippen molar-refractivity contribution in [3.05, 3.63) is 29.1 Å². The quantitative estimate of drug-likeness (QED) is 0.871. The van der Waals surface area contributed by atoms with Crippen LogP contribution in [0, 0.1) is 23.6 Å². The molecule has 0 bridgehead atoms. The van der Waals surface area contributed by atoms with Crippen molar-refractivity contribution < 1.29 is 9.18 Å². The second-order valence-corrected chi connectivity index (χ2v) is 6.44. The first-order chi connectivity index (χ1) is 9.65. The molecule has 1 aromatic carbocycles. The highest BCUT2D eigenvalue weighted by Gasteiger charge is 2.55. The van der Waals surface area contributed by atoms with Gasteiger partial charge in [-0.15, -0.1) is 0 Å². The largest absolute Gasteiger partial charge is 0.326 e. The van der Waals surface area contributed by atoms with E-state index in [9.17, 15) is 9.18 Å². The Bertz CT molecular complexity index is 576. The van der Waals surface area contributed by atoms with E-state index in [4.69, 9.17) is 5.73 Å². The molecule has 1 amide bonds. The summed E-state index contributed by atoms with van der Waals surface area (Å²) in [5.41, 5.74) is 8.60. The van der Waals surface area contributed by atoms with Crippen molar-refractivity contribution in [1.82, 2.24) is 0 Å². The number of nitrogens with one attached hydrogen (secondary N) is 1. The van der Waals surface area contributed by atoms with Gasteiger partial charge in [-0.2, -0.15) is 0 Å². The normalized spacial score (nSPS) is 32.3. The van der Waals surface area contributed by atoms with Gasteiger partial charge in [0.05, 0.1) is 0 Å². The first-order valence-electron chi connectivity index (χ1n) is 7.53. The number of carbonyl (C=O) groups is 1. The summed E-state index contributed by atoms with van der Waals surface area (Å²) in [6, 6.07) is 3.14. The van der Waals surface area contributed by atoms with Crippen LogP contribution in [-0.2, 0) is 11.2 Å². The molecule has 3 unspecified atom stereocenters. The van der Waals surface area contributed by atoms with Gasteiger partial charge in [-0.3, -0.25) is 4.79 Å². The summed E-state index contributed by atoms with van der Waals surface area (Å²) < 4.78 is 14.3. The van der Waals surface area contributed by atoms with E-state index < -0.39 is 0 Å². The number of aryl methyl sites for hydroxylation is 1. The summed E-state index contributed by atoms with van der Waals surface area (Å²) in [5, 5.41) is 2.73. The maximum Gasteiger partial charge on any atom is 0.224 e. The van der Waals surface area contributed by atoms with Gasteiger partial charge in [-0.25, -0.2) is 4.39 Å². The maximum absolute atomic E-state index is 14.3. The molecular weight excluding hydrogens is 255 g/mol. The molecule has 3 atom stereocenters. The molecule has 1 aliphatic heterocycles. The lowest BCUT2D eigenvalue weighted by molar-refractivity contribution is -0.116. The van der Waals surface area contributed by atoms with Crippen LogP contribution in [0.4, 0.5) is 10.1 Å². The van der Waals surface area contributed by atoms with Gasteiger partial charge in [0, 0.05) is 23.7 Å². The standard InChI is InChI=1S/C16H19FN2O/c17-12-7-13-8(4-5-14(20)19-13)6-11(12)16(18)15-9-2-1-3-10(9)15/h6-7,9-10,15-16H,1-5,18H2,(H,19,20). The van der Waals surface area contributed by atoms with Gasteiger partial charge in [-0.1, -0.05) is 6.42 Å². The summed E-state index contributed by atoms with van der Waals surface area (Å²) in [4.78, 5) is 11.3. The number of benzene rings is 1. The third kappa shape index (κ3) is 1.78. The third-order valence-electron chi connectivity index (χ3n) is 5.36. The van der Waals surface area contributed by atoms with Crippen molar-refractivity contribution in [2.45, 2.75) is 38.1 Å². The maximum atomic E-state index is 14.3. The van der Waals surface area contributed by atoms with E-state index in [-0.39, 0.29) is 17.8 Å². The number of anilines is 1. The van der Waals surface area contributed by atoms with Gasteiger partial charge in [0.1, 0.15) is 5.82 Å². The van der Waals surface area contributed by atoms with Crippen LogP contribution in [0.2, 0.25) is 0 Å². The molecule has 1 heterocycles. The minimum Gasteiger partial charge on any atom is -0.326 e. The molecule has 106 valence electrons. The molecule has 3 nitrogen and oxygen atoms in total. The van der Waals surface area contributed by atoms with Gasteiger partial charge in [0.2, 0.25) is 5.91 Å². The highest BCUT2D eigenvalue weighted by atomic mass is 19.1. The van der Waals surface area contributed by atoms with Crippen molar-refractivity contribution in [3.8, 4) is 0 Å². The van der Waals surface area contributed by atoms with Crippen LogP contribution in [0.1, 0.15) is 42.9 Å².